The van der Waals surface area contributed by atoms with Crippen molar-refractivity contribution >= 4 is 51.6 Å². The van der Waals surface area contributed by atoms with Gasteiger partial charge in [-0.15, -0.1) is 0 Å². The molecule has 2 heterocycles. The molecule has 4 rings (SSSR count). The number of hydrogen-bond donors (Lipinski definition) is 3. The summed E-state index contributed by atoms with van der Waals surface area (Å²) in [6, 6.07) is 12.2. The minimum absolute atomic E-state index is 0.00837. The Hall–Kier alpha value is -2.51. The van der Waals surface area contributed by atoms with Gasteiger partial charge in [0.1, 0.15) is 0 Å². The van der Waals surface area contributed by atoms with Crippen LogP contribution < -0.4 is 9.67 Å². The van der Waals surface area contributed by atoms with E-state index in [2.05, 4.69) is 15.3 Å². The Morgan fingerprint density at radius 2 is 1.70 bits per heavy atom. The van der Waals surface area contributed by atoms with E-state index >= 15 is 0 Å². The Morgan fingerprint density at radius 3 is 2.37 bits per heavy atom. The molecule has 0 amide bonds. The van der Waals surface area contributed by atoms with Crippen molar-refractivity contribution in [3.05, 3.63) is 66.1 Å². The van der Waals surface area contributed by atoms with E-state index in [9.17, 15) is 16.3 Å². The zero-order valence-corrected chi connectivity index (χ0v) is 16.4. The van der Waals surface area contributed by atoms with Gasteiger partial charge in [-0.25, -0.2) is 4.39 Å². The van der Waals surface area contributed by atoms with Crippen LogP contribution in [0.3, 0.4) is 0 Å². The van der Waals surface area contributed by atoms with Gasteiger partial charge in [0.15, 0.2) is 0 Å². The van der Waals surface area contributed by atoms with Crippen molar-refractivity contribution < 1.29 is 16.3 Å². The van der Waals surface area contributed by atoms with Gasteiger partial charge < -0.3 is 0 Å². The molecule has 0 atom stereocenters. The Labute approximate surface area is 160 Å². The Balaban J connectivity index is 1.75. The molecule has 9 heteroatoms. The molecule has 3 N–H and O–H groups in total. The maximum atomic E-state index is 13.2. The average Bonchev–Trinajstić information content (AvgIpc) is 3.07. The molecule has 0 aliphatic rings. The summed E-state index contributed by atoms with van der Waals surface area (Å²) in [5, 5.41) is 5.91. The summed E-state index contributed by atoms with van der Waals surface area (Å²) in [7, 11) is 0. The second-order valence-corrected chi connectivity index (χ2v) is 10.00. The number of nitrogens with zero attached hydrogens (tertiary/aromatic N) is 2. The number of nitrogens with one attached hydrogen (secondary N) is 1. The van der Waals surface area contributed by atoms with Crippen LogP contribution >= 0.6 is 11.3 Å². The van der Waals surface area contributed by atoms with Gasteiger partial charge in [-0.3, -0.25) is 0 Å². The maximum absolute atomic E-state index is 13.2. The standard InChI is InChI=1S/C18H13AsFN3O3S/c20-13-5-1-11(2-6-13)15-9-27-18-16(15)17(21-10-22-18)23-14-7-3-12(4-8-14)19(24,25)26/h1-10H,(H,21,22,23)(H2,24,25,26). The summed E-state index contributed by atoms with van der Waals surface area (Å²) in [4.78, 5) is 9.38. The van der Waals surface area contributed by atoms with Crippen molar-refractivity contribution in [1.82, 2.24) is 9.97 Å². The van der Waals surface area contributed by atoms with Crippen LogP contribution in [0.5, 0.6) is 0 Å². The molecule has 4 aromatic rings. The second-order valence-electron chi connectivity index (χ2n) is 5.77. The van der Waals surface area contributed by atoms with Gasteiger partial charge in [0.05, 0.1) is 0 Å². The summed E-state index contributed by atoms with van der Waals surface area (Å²) < 4.78 is 43.1. The van der Waals surface area contributed by atoms with Gasteiger partial charge in [-0.1, -0.05) is 0 Å². The van der Waals surface area contributed by atoms with E-state index in [1.807, 2.05) is 5.38 Å². The molecule has 0 spiro atoms. The third-order valence-electron chi connectivity index (χ3n) is 3.99. The zero-order valence-electron chi connectivity index (χ0n) is 13.7. The fourth-order valence-corrected chi connectivity index (χ4v) is 4.73. The van der Waals surface area contributed by atoms with Crippen LogP contribution in [-0.2, 0) is 3.74 Å². The van der Waals surface area contributed by atoms with Gasteiger partial charge >= 0.3 is 156 Å². The van der Waals surface area contributed by atoms with Crippen molar-refractivity contribution in [2.24, 2.45) is 0 Å². The molecule has 2 aromatic carbocycles. The van der Waals surface area contributed by atoms with Crippen LogP contribution in [0.15, 0.2) is 60.2 Å². The third-order valence-corrected chi connectivity index (χ3v) is 6.92. The van der Waals surface area contributed by atoms with E-state index < -0.39 is 14.2 Å². The van der Waals surface area contributed by atoms with Crippen LogP contribution in [0.4, 0.5) is 15.9 Å². The number of thiophene rings is 1. The molecule has 0 bridgehead atoms. The number of aromatic nitrogens is 2. The molecule has 0 aliphatic carbocycles. The second kappa shape index (κ2) is 6.90. The van der Waals surface area contributed by atoms with Crippen molar-refractivity contribution in [1.29, 1.82) is 0 Å². The first kappa shape index (κ1) is 17.9. The topological polar surface area (TPSA) is 95.3 Å². The van der Waals surface area contributed by atoms with Gasteiger partial charge in [-0.2, -0.15) is 0 Å². The molecule has 0 radical (unpaired) electrons. The van der Waals surface area contributed by atoms with E-state index in [0.717, 1.165) is 21.3 Å². The number of hydrogen-bond acceptors (Lipinski definition) is 5. The Morgan fingerprint density at radius 1 is 1.00 bits per heavy atom. The van der Waals surface area contributed by atoms with Gasteiger partial charge in [0, 0.05) is 0 Å². The molecule has 27 heavy (non-hydrogen) atoms. The van der Waals surface area contributed by atoms with Gasteiger partial charge in [0.2, 0.25) is 0 Å². The molecule has 0 saturated heterocycles. The molecule has 0 saturated carbocycles. The first-order valence-electron chi connectivity index (χ1n) is 7.83. The van der Waals surface area contributed by atoms with E-state index in [-0.39, 0.29) is 10.2 Å². The minimum atomic E-state index is -4.91. The molecular weight excluding hydrogens is 432 g/mol. The number of fused-ring (bicyclic) bond motifs is 1. The predicted molar refractivity (Wildman–Crippen MR) is 103 cm³/mol. The van der Waals surface area contributed by atoms with E-state index in [1.54, 1.807) is 24.3 Å². The van der Waals surface area contributed by atoms with E-state index in [4.69, 9.17) is 0 Å². The van der Waals surface area contributed by atoms with E-state index in [0.29, 0.717) is 11.5 Å². The van der Waals surface area contributed by atoms with Gasteiger partial charge in [0.25, 0.3) is 0 Å². The summed E-state index contributed by atoms with van der Waals surface area (Å²) >= 11 is -3.45. The van der Waals surface area contributed by atoms with Crippen LogP contribution in [0.25, 0.3) is 21.3 Å². The van der Waals surface area contributed by atoms with Crippen LogP contribution in [0.1, 0.15) is 0 Å². The van der Waals surface area contributed by atoms with E-state index in [1.165, 1.54) is 41.9 Å². The Bertz CT molecular complexity index is 1160. The third kappa shape index (κ3) is 3.65. The Kier molecular flexibility index (Phi) is 4.57. The summed E-state index contributed by atoms with van der Waals surface area (Å²) in [6.45, 7) is 0. The number of anilines is 2. The molecular formula is C18H13AsFN3O3S. The summed E-state index contributed by atoms with van der Waals surface area (Å²) in [5.41, 5.74) is 2.37. The first-order chi connectivity index (χ1) is 12.9. The monoisotopic (exact) mass is 445 g/mol. The molecule has 0 unspecified atom stereocenters. The van der Waals surface area contributed by atoms with Gasteiger partial charge in [-0.05, 0) is 0 Å². The number of benzene rings is 2. The molecule has 2 aromatic heterocycles. The van der Waals surface area contributed by atoms with Crippen LogP contribution in [0.2, 0.25) is 0 Å². The quantitative estimate of drug-likeness (QED) is 0.419. The van der Waals surface area contributed by atoms with Crippen molar-refractivity contribution in [3.8, 4) is 11.1 Å². The predicted octanol–water partition coefficient (Wildman–Crippen LogP) is 2.80. The summed E-state index contributed by atoms with van der Waals surface area (Å²) in [5.74, 6) is 0.259. The van der Waals surface area contributed by atoms with Crippen molar-refractivity contribution in [2.75, 3.05) is 5.32 Å². The average molecular weight is 445 g/mol. The first-order valence-corrected chi connectivity index (χ1v) is 12.1. The number of halogens is 1. The molecule has 136 valence electrons. The zero-order chi connectivity index (χ0) is 19.0. The summed E-state index contributed by atoms with van der Waals surface area (Å²) in [6.07, 6.45) is 1.45. The fourth-order valence-electron chi connectivity index (χ4n) is 2.69. The fraction of sp³-hybridized carbons (Fsp3) is 0. The molecule has 6 nitrogen and oxygen atoms in total. The molecule has 0 fully saturated rings. The number of rotatable bonds is 4. The van der Waals surface area contributed by atoms with Crippen molar-refractivity contribution in [3.63, 3.8) is 0 Å². The SMILES string of the molecule is O=[As](O)(O)c1ccc(Nc2ncnc3scc(-c4ccc(F)cc4)c23)cc1. The van der Waals surface area contributed by atoms with Crippen molar-refractivity contribution in [2.45, 2.75) is 0 Å². The molecule has 0 aliphatic heterocycles. The normalized spacial score (nSPS) is 11.7. The van der Waals surface area contributed by atoms with Crippen LogP contribution in [-0.4, -0.2) is 32.3 Å². The van der Waals surface area contributed by atoms with Crippen LogP contribution in [0, 0.1) is 5.82 Å².